The Balaban J connectivity index is 0. The molecule has 0 unspecified atom stereocenters. The average Bonchev–Trinajstić information content (AvgIpc) is 2.02. The summed E-state index contributed by atoms with van der Waals surface area (Å²) in [6.07, 6.45) is 7.43. The highest BCUT2D eigenvalue weighted by Gasteiger charge is 2.22. The van der Waals surface area contributed by atoms with Gasteiger partial charge in [0.1, 0.15) is 41.2 Å². The molecule has 37 heteroatoms. The number of rotatable bonds is 21. The number of carbonyl (C=O) groups is 7. The SMILES string of the molecule is CC(C)(C)OC(=O)CCCc1nc(C(=O)NCc2ncccc2F)no1.CC(C)(C)OC(=O)CCCc1nc(C(=O)NCc2ncccc2F)no1.CC(C)(C)OC(=O)CCCc1nc(C(=O)O)no1.CN1CCOCC1.Cl.Cl.ClCCl.NCc1ncccc1F.[CH2+]COC(=O)Cl. The van der Waals surface area contributed by atoms with Crippen LogP contribution in [-0.2, 0) is 77.0 Å². The first-order valence-electron chi connectivity index (χ1n) is 29.1. The first-order chi connectivity index (χ1) is 44.7. The van der Waals surface area contributed by atoms with Crippen LogP contribution in [0.3, 0.4) is 0 Å². The van der Waals surface area contributed by atoms with E-state index in [1.165, 1.54) is 55.0 Å². The molecule has 2 amide bonds. The predicted molar refractivity (Wildman–Crippen MR) is 351 cm³/mol. The molecule has 0 aromatic carbocycles. The summed E-state index contributed by atoms with van der Waals surface area (Å²) in [6.45, 7) is 23.5. The van der Waals surface area contributed by atoms with Gasteiger partial charge in [-0.2, -0.15) is 15.0 Å². The molecule has 6 aromatic rings. The Kier molecular flexibility index (Phi) is 46.7. The van der Waals surface area contributed by atoms with Gasteiger partial charge in [0.25, 0.3) is 29.3 Å². The van der Waals surface area contributed by atoms with E-state index in [-0.39, 0.29) is 146 Å². The van der Waals surface area contributed by atoms with Crippen molar-refractivity contribution in [2.45, 2.75) is 157 Å². The molecule has 7 heterocycles. The summed E-state index contributed by atoms with van der Waals surface area (Å²) < 4.78 is 78.7. The summed E-state index contributed by atoms with van der Waals surface area (Å²) in [7, 11) is 2.11. The topological polar surface area (TPSA) is 395 Å². The third-order valence-corrected chi connectivity index (χ3v) is 10.7. The lowest BCUT2D eigenvalue weighted by atomic mass is 10.2. The number of halogens is 8. The number of aryl methyl sites for hydroxylation is 3. The van der Waals surface area contributed by atoms with Crippen LogP contribution in [0.4, 0.5) is 18.0 Å². The van der Waals surface area contributed by atoms with E-state index in [9.17, 15) is 46.7 Å². The van der Waals surface area contributed by atoms with Crippen molar-refractivity contribution in [3.8, 4) is 0 Å². The Bertz CT molecular complexity index is 3130. The van der Waals surface area contributed by atoms with E-state index >= 15 is 0 Å². The number of likely N-dealkylation sites (N-methyl/N-ethyl adjacent to an activating group) is 1. The normalized spacial score (nSPS) is 11.5. The predicted octanol–water partition coefficient (Wildman–Crippen LogP) is 9.92. The van der Waals surface area contributed by atoms with Gasteiger partial charge >= 0.3 is 29.3 Å². The van der Waals surface area contributed by atoms with Gasteiger partial charge in [-0.15, -0.1) is 48.0 Å². The molecule has 0 aliphatic carbocycles. The number of nitrogens with one attached hydrogen (secondary N) is 2. The number of aromatic nitrogens is 9. The van der Waals surface area contributed by atoms with E-state index in [0.717, 1.165) is 26.3 Å². The van der Waals surface area contributed by atoms with Gasteiger partial charge in [-0.3, -0.25) is 38.9 Å². The van der Waals surface area contributed by atoms with Gasteiger partial charge in [0.05, 0.1) is 48.7 Å². The second-order valence-corrected chi connectivity index (χ2v) is 23.2. The highest BCUT2D eigenvalue weighted by Crippen LogP contribution is 2.15. The van der Waals surface area contributed by atoms with E-state index in [2.05, 4.69) is 91.2 Å². The molecule has 1 aliphatic heterocycles. The number of alkyl halides is 2. The molecule has 97 heavy (non-hydrogen) atoms. The first-order valence-corrected chi connectivity index (χ1v) is 30.5. The first kappa shape index (κ1) is 91.2. The molecule has 1 saturated heterocycles. The van der Waals surface area contributed by atoms with Crippen LogP contribution in [0.1, 0.15) is 167 Å². The second-order valence-electron chi connectivity index (χ2n) is 22.1. The largest absolute Gasteiger partial charge is 0.475 e. The number of morpholine rings is 1. The molecule has 7 rings (SSSR count). The van der Waals surface area contributed by atoms with Crippen molar-refractivity contribution >= 4 is 101 Å². The molecule has 29 nitrogen and oxygen atoms in total. The number of aromatic carboxylic acids is 1. The van der Waals surface area contributed by atoms with Gasteiger partial charge in [0, 0.05) is 88.4 Å². The van der Waals surface area contributed by atoms with Crippen molar-refractivity contribution in [2.24, 2.45) is 5.73 Å². The van der Waals surface area contributed by atoms with Crippen molar-refractivity contribution in [3.63, 3.8) is 0 Å². The third kappa shape index (κ3) is 45.3. The fourth-order valence-corrected chi connectivity index (χ4v) is 6.63. The molecule has 1 aliphatic rings. The lowest BCUT2D eigenvalue weighted by Crippen LogP contribution is -2.32. The molecular formula is C60H84Cl5F3N13O16+. The summed E-state index contributed by atoms with van der Waals surface area (Å²) in [5.41, 5.74) is 3.33. The Hall–Kier alpha value is -7.85. The van der Waals surface area contributed by atoms with Crippen molar-refractivity contribution in [3.05, 3.63) is 132 Å². The molecule has 0 atom stereocenters. The summed E-state index contributed by atoms with van der Waals surface area (Å²) in [5, 5.41) is 24.1. The minimum absolute atomic E-state index is 0. The number of carboxylic acids is 1. The molecule has 6 aromatic heterocycles. The highest BCUT2D eigenvalue weighted by molar-refractivity contribution is 6.61. The van der Waals surface area contributed by atoms with E-state index < -0.39 is 51.6 Å². The third-order valence-electron chi connectivity index (χ3n) is 10.6. The zero-order valence-corrected chi connectivity index (χ0v) is 59.2. The maximum atomic E-state index is 13.5. The van der Waals surface area contributed by atoms with Crippen molar-refractivity contribution in [1.29, 1.82) is 0 Å². The van der Waals surface area contributed by atoms with E-state index in [0.29, 0.717) is 44.2 Å². The highest BCUT2D eigenvalue weighted by atomic mass is 35.5. The van der Waals surface area contributed by atoms with Gasteiger partial charge in [0.2, 0.25) is 24.3 Å². The van der Waals surface area contributed by atoms with E-state index in [1.807, 2.05) is 0 Å². The van der Waals surface area contributed by atoms with Crippen LogP contribution >= 0.6 is 59.6 Å². The standard InChI is InChI=1S/2C17H21FN4O4.C11H16N2O5.C6H7FN2.C5H11NO.C3H4ClO2.CH2Cl2.2ClH/c2*1-17(2,3)25-14(23)8-4-7-13-21-15(22-26-13)16(24)20-10-12-11(18)6-5-9-19-12;1-11(2,3)17-8(14)6-4-5-7-12-9(10(15)16)13-18-7;7-5-2-1-3-9-6(5)4-8;1-6-2-4-7-5-3-6;1-2-6-3(4)5;2-1-3;;/h2*5-6,9H,4,7-8,10H2,1-3H3,(H,20,24);4-6H2,1-3H3,(H,15,16);1-3H,4,8H2;2-5H2,1H3;1-2H2;1H2;2*1H/q;;;;;+1;;;. The minimum Gasteiger partial charge on any atom is -0.475 e. The number of hydrogen-bond donors (Lipinski definition) is 4. The minimum atomic E-state index is -1.24. The Morgan fingerprint density at radius 1 is 0.598 bits per heavy atom. The van der Waals surface area contributed by atoms with Crippen molar-refractivity contribution < 1.29 is 89.1 Å². The average molecular weight is 1480 g/mol. The number of amides is 2. The van der Waals surface area contributed by atoms with Crippen LogP contribution in [-0.4, -0.2) is 159 Å². The number of carbonyl (C=O) groups excluding carboxylic acids is 6. The van der Waals surface area contributed by atoms with Crippen molar-refractivity contribution in [2.75, 3.05) is 45.3 Å². The second kappa shape index (κ2) is 49.6. The summed E-state index contributed by atoms with van der Waals surface area (Å²) in [6, 6.07) is 8.31. The molecular weight excluding hydrogens is 1390 g/mol. The molecule has 0 saturated carbocycles. The number of pyridine rings is 3. The number of ether oxygens (including phenoxy) is 5. The number of esters is 3. The van der Waals surface area contributed by atoms with Crippen molar-refractivity contribution in [1.82, 2.24) is 60.9 Å². The van der Waals surface area contributed by atoms with Crippen LogP contribution in [0.5, 0.6) is 0 Å². The summed E-state index contributed by atoms with van der Waals surface area (Å²) in [4.78, 5) is 104. The quantitative estimate of drug-likeness (QED) is 0.0171. The Labute approximate surface area is 587 Å². The summed E-state index contributed by atoms with van der Waals surface area (Å²) in [5.74, 6) is -4.73. The Morgan fingerprint density at radius 3 is 1.15 bits per heavy atom. The molecule has 1 fully saturated rings. The van der Waals surface area contributed by atoms with Crippen LogP contribution in [0.15, 0.2) is 68.6 Å². The van der Waals surface area contributed by atoms with Gasteiger partial charge in [-0.05, 0) is 130 Å². The van der Waals surface area contributed by atoms with Gasteiger partial charge in [-0.1, -0.05) is 10.3 Å². The molecule has 540 valence electrons. The lowest BCUT2D eigenvalue weighted by molar-refractivity contribution is -0.156. The molecule has 0 radical (unpaired) electrons. The molecule has 5 N–H and O–H groups in total. The lowest BCUT2D eigenvalue weighted by Gasteiger charge is -2.21. The molecule has 0 spiro atoms. The Morgan fingerprint density at radius 2 is 0.918 bits per heavy atom. The van der Waals surface area contributed by atoms with Gasteiger partial charge in [0.15, 0.2) is 0 Å². The smallest absolute Gasteiger partial charge is 0.407 e. The van der Waals surface area contributed by atoms with Crippen LogP contribution in [0.25, 0.3) is 0 Å². The number of nitrogens with two attached hydrogens (primary N) is 1. The molecule has 0 bridgehead atoms. The monoisotopic (exact) mass is 1470 g/mol. The van der Waals surface area contributed by atoms with E-state index in [1.54, 1.807) is 62.3 Å². The fraction of sp³-hybridized carbons (Fsp3) is 0.517. The van der Waals surface area contributed by atoms with Crippen LogP contribution in [0.2, 0.25) is 0 Å². The maximum absolute atomic E-state index is 13.5. The zero-order valence-electron chi connectivity index (χ0n) is 55.3. The maximum Gasteiger partial charge on any atom is 0.407 e. The van der Waals surface area contributed by atoms with Crippen LogP contribution < -0.4 is 16.4 Å². The summed E-state index contributed by atoms with van der Waals surface area (Å²) >= 11 is 14.2. The van der Waals surface area contributed by atoms with E-state index in [4.69, 9.17) is 66.6 Å². The number of hydrogen-bond acceptors (Lipinski definition) is 26. The number of carboxylic acid groups (broad SMARTS) is 1. The van der Waals surface area contributed by atoms with Gasteiger partial charge in [-0.25, -0.2) is 22.8 Å². The van der Waals surface area contributed by atoms with Gasteiger partial charge < -0.3 is 63.6 Å². The number of nitrogens with zero attached hydrogens (tertiary/aromatic N) is 10. The van der Waals surface area contributed by atoms with Crippen LogP contribution in [0, 0.1) is 24.4 Å². The zero-order chi connectivity index (χ0) is 71.6. The fourth-order valence-electron chi connectivity index (χ4n) is 6.56.